The molecule has 0 saturated carbocycles. The topological polar surface area (TPSA) is 9.72 Å². The van der Waals surface area contributed by atoms with E-state index in [1.165, 1.54) is 124 Å². The maximum Gasteiger partial charge on any atom is 0.254 e. The molecule has 5 aliphatic rings. The number of rotatable bonds is 5. The van der Waals surface area contributed by atoms with Crippen LogP contribution in [-0.2, 0) is 37.9 Å². The second kappa shape index (κ2) is 17.0. The van der Waals surface area contributed by atoms with Gasteiger partial charge in [0.2, 0.25) is 0 Å². The van der Waals surface area contributed by atoms with Crippen molar-refractivity contribution in [3.05, 3.63) is 178 Å². The van der Waals surface area contributed by atoms with Crippen LogP contribution in [0, 0.1) is 6.92 Å². The van der Waals surface area contributed by atoms with Gasteiger partial charge in [-0.15, -0.1) is 11.3 Å². The highest BCUT2D eigenvalue weighted by atomic mass is 32.1. The predicted octanol–water partition coefficient (Wildman–Crippen LogP) is 19.1. The van der Waals surface area contributed by atoms with Crippen molar-refractivity contribution in [2.24, 2.45) is 0 Å². The zero-order chi connectivity index (χ0) is 55.0. The first-order valence-electron chi connectivity index (χ1n) is 29.4. The summed E-state index contributed by atoms with van der Waals surface area (Å²) in [7, 11) is 0. The van der Waals surface area contributed by atoms with Gasteiger partial charge in [0.1, 0.15) is 0 Å². The number of para-hydroxylation sites is 2. The van der Waals surface area contributed by atoms with E-state index in [0.29, 0.717) is 0 Å². The molecule has 0 saturated heterocycles. The first kappa shape index (κ1) is 51.4. The molecular weight excluding hydrogens is 962 g/mol. The van der Waals surface area contributed by atoms with E-state index in [-0.39, 0.29) is 44.6 Å². The lowest BCUT2D eigenvalue weighted by atomic mass is 9.33. The van der Waals surface area contributed by atoms with Gasteiger partial charge < -0.3 is 14.7 Å². The van der Waals surface area contributed by atoms with Crippen molar-refractivity contribution >= 4 is 95.0 Å². The first-order chi connectivity index (χ1) is 36.7. The molecule has 0 N–H and O–H groups in total. The van der Waals surface area contributed by atoms with E-state index in [4.69, 9.17) is 0 Å². The molecule has 0 atom stereocenters. The average molecular weight is 1040 g/mol. The number of aryl methyl sites for hydroxylation is 1. The Labute approximate surface area is 472 Å². The van der Waals surface area contributed by atoms with Crippen LogP contribution in [0.4, 0.5) is 50.5 Å². The van der Waals surface area contributed by atoms with Crippen LogP contribution >= 0.6 is 11.3 Å². The maximum atomic E-state index is 2.81. The Balaban J connectivity index is 1.23. The molecule has 2 aliphatic heterocycles. The Morgan fingerprint density at radius 2 is 0.974 bits per heavy atom. The van der Waals surface area contributed by atoms with Gasteiger partial charge in [-0.25, -0.2) is 0 Å². The second-order valence-corrected chi connectivity index (χ2v) is 30.5. The van der Waals surface area contributed by atoms with Crippen molar-refractivity contribution in [1.82, 2.24) is 0 Å². The zero-order valence-corrected chi connectivity index (χ0v) is 50.6. The molecule has 7 aromatic carbocycles. The number of nitrogens with zero attached hydrogens (tertiary/aromatic N) is 3. The summed E-state index contributed by atoms with van der Waals surface area (Å²) in [4.78, 5) is 8.05. The maximum absolute atomic E-state index is 2.81. The summed E-state index contributed by atoms with van der Waals surface area (Å²) in [6.07, 6.45) is 6.99. The molecule has 0 bridgehead atoms. The van der Waals surface area contributed by atoms with Gasteiger partial charge in [0, 0.05) is 44.5 Å². The lowest BCUT2D eigenvalue weighted by Gasteiger charge is -2.50. The predicted molar refractivity (Wildman–Crippen MR) is 340 cm³/mol. The zero-order valence-electron chi connectivity index (χ0n) is 49.8. The number of anilines is 9. The highest BCUT2D eigenvalue weighted by Crippen LogP contribution is 2.58. The molecule has 3 aliphatic carbocycles. The molecule has 78 heavy (non-hydrogen) atoms. The van der Waals surface area contributed by atoms with Crippen molar-refractivity contribution in [1.29, 1.82) is 0 Å². The van der Waals surface area contributed by atoms with Gasteiger partial charge in [0.15, 0.2) is 0 Å². The summed E-state index contributed by atoms with van der Waals surface area (Å²) in [6.45, 7) is 39.4. The normalized spacial score (nSPS) is 19.5. The fourth-order valence-corrected chi connectivity index (χ4v) is 16.4. The highest BCUT2D eigenvalue weighted by molar-refractivity contribution is 7.26. The monoisotopic (exact) mass is 1040 g/mol. The van der Waals surface area contributed by atoms with E-state index in [1.807, 2.05) is 11.3 Å². The summed E-state index contributed by atoms with van der Waals surface area (Å²) in [6, 6.07) is 52.9. The molecule has 0 radical (unpaired) electrons. The summed E-state index contributed by atoms with van der Waals surface area (Å²) < 4.78 is 1.39. The minimum Gasteiger partial charge on any atom is -0.311 e. The van der Waals surface area contributed by atoms with Gasteiger partial charge >= 0.3 is 0 Å². The van der Waals surface area contributed by atoms with Crippen LogP contribution in [-0.4, -0.2) is 6.71 Å². The molecule has 3 heterocycles. The molecule has 0 fully saturated rings. The Morgan fingerprint density at radius 1 is 0.462 bits per heavy atom. The number of fused-ring (bicyclic) bond motifs is 10. The molecule has 398 valence electrons. The minimum absolute atomic E-state index is 0.00698. The minimum atomic E-state index is -0.0805. The fourth-order valence-electron chi connectivity index (χ4n) is 15.1. The molecule has 8 aromatic rings. The molecule has 3 nitrogen and oxygen atoms in total. The van der Waals surface area contributed by atoms with Crippen molar-refractivity contribution in [2.75, 3.05) is 14.7 Å². The second-order valence-electron chi connectivity index (χ2n) is 29.4. The standard InChI is InChI=1S/C73H82BN3S/c1-45-39-46(67(2,3)4)27-32-58(45)77-60-42-50(75(47-23-19-17-20-24-47)48-25-21-18-22-26-48)41-59-64(60)74(63-51-43-55-56(44-61(51)78-66(63)77)72(13,14)36-35-71(55,11)12)57-31-30-53-62(73(15,16)38-37-69(53,7)8)65(57)76(59)49-28-29-52-54(40-49)70(9,10)34-33-68(52,5)6/h17-32,39-44H,33-38H2,1-16H3. The Hall–Kier alpha value is -6.04. The smallest absolute Gasteiger partial charge is 0.254 e. The van der Waals surface area contributed by atoms with Crippen molar-refractivity contribution in [2.45, 2.75) is 187 Å². The fraction of sp³-hybridized carbons (Fsp3) is 0.397. The summed E-state index contributed by atoms with van der Waals surface area (Å²) in [5.74, 6) is 0. The van der Waals surface area contributed by atoms with Gasteiger partial charge in [-0.2, -0.15) is 0 Å². The summed E-state index contributed by atoms with van der Waals surface area (Å²) in [5, 5.41) is 2.76. The van der Waals surface area contributed by atoms with Crippen LogP contribution in [0.5, 0.6) is 0 Å². The van der Waals surface area contributed by atoms with Crippen LogP contribution in [0.3, 0.4) is 0 Å². The Bertz CT molecular complexity index is 3730. The van der Waals surface area contributed by atoms with Gasteiger partial charge in [-0.05, 0) is 216 Å². The van der Waals surface area contributed by atoms with Gasteiger partial charge in [0.25, 0.3) is 6.71 Å². The molecule has 0 spiro atoms. The number of thiophene rings is 1. The third-order valence-electron chi connectivity index (χ3n) is 20.3. The molecule has 0 unspecified atom stereocenters. The third-order valence-corrected chi connectivity index (χ3v) is 21.4. The lowest BCUT2D eigenvalue weighted by Crippen LogP contribution is -2.62. The van der Waals surface area contributed by atoms with E-state index >= 15 is 0 Å². The third kappa shape index (κ3) is 7.69. The molecular formula is C73H82BN3S. The van der Waals surface area contributed by atoms with Gasteiger partial charge in [-0.1, -0.05) is 171 Å². The van der Waals surface area contributed by atoms with Crippen LogP contribution in [0.25, 0.3) is 10.1 Å². The van der Waals surface area contributed by atoms with E-state index in [1.54, 1.807) is 0 Å². The quantitative estimate of drug-likeness (QED) is 0.159. The largest absolute Gasteiger partial charge is 0.311 e. The first-order valence-corrected chi connectivity index (χ1v) is 30.2. The van der Waals surface area contributed by atoms with Gasteiger partial charge in [-0.3, -0.25) is 0 Å². The van der Waals surface area contributed by atoms with Crippen molar-refractivity contribution in [3.63, 3.8) is 0 Å². The van der Waals surface area contributed by atoms with Crippen LogP contribution in [0.2, 0.25) is 0 Å². The van der Waals surface area contributed by atoms with E-state index < -0.39 is 0 Å². The van der Waals surface area contributed by atoms with E-state index in [2.05, 4.69) is 259 Å². The molecule has 5 heteroatoms. The van der Waals surface area contributed by atoms with Gasteiger partial charge in [0.05, 0.1) is 10.7 Å². The SMILES string of the molecule is Cc1cc(C(C)(C)C)ccc1N1c2cc(N(c3ccccc3)c3ccccc3)cc3c2B(c2ccc4c(c2N3c2ccc3c(c2)C(C)(C)CCC3(C)C)C(C)(C)CCC4(C)C)c2c1sc1cc3c(cc21)C(C)(C)CCC3(C)C. The van der Waals surface area contributed by atoms with Crippen LogP contribution in [0.15, 0.2) is 133 Å². The van der Waals surface area contributed by atoms with Crippen LogP contribution in [0.1, 0.15) is 187 Å². The van der Waals surface area contributed by atoms with E-state index in [9.17, 15) is 0 Å². The summed E-state index contributed by atoms with van der Waals surface area (Å²) >= 11 is 2.03. The van der Waals surface area contributed by atoms with Crippen molar-refractivity contribution in [3.8, 4) is 0 Å². The lowest BCUT2D eigenvalue weighted by molar-refractivity contribution is 0.331. The number of benzene rings is 7. The van der Waals surface area contributed by atoms with Crippen molar-refractivity contribution < 1.29 is 0 Å². The average Bonchev–Trinajstić information content (AvgIpc) is 2.91. The number of hydrogen-bond donors (Lipinski definition) is 0. The molecule has 1 aromatic heterocycles. The Morgan fingerprint density at radius 3 is 1.55 bits per heavy atom. The highest BCUT2D eigenvalue weighted by Gasteiger charge is 2.51. The van der Waals surface area contributed by atoms with Crippen LogP contribution < -0.4 is 31.1 Å². The summed E-state index contributed by atoms with van der Waals surface area (Å²) in [5.41, 5.74) is 26.0. The number of hydrogen-bond acceptors (Lipinski definition) is 4. The van der Waals surface area contributed by atoms with E-state index in [0.717, 1.165) is 36.3 Å². The molecule has 13 rings (SSSR count). The Kier molecular flexibility index (Phi) is 11.2. The molecule has 0 amide bonds.